The highest BCUT2D eigenvalue weighted by molar-refractivity contribution is 6.06. The van der Waals surface area contributed by atoms with Crippen LogP contribution >= 0.6 is 0 Å². The van der Waals surface area contributed by atoms with E-state index in [1.54, 1.807) is 7.11 Å². The van der Waals surface area contributed by atoms with E-state index in [9.17, 15) is 9.59 Å². The van der Waals surface area contributed by atoms with Gasteiger partial charge in [0.2, 0.25) is 0 Å². The molecule has 3 nitrogen and oxygen atoms in total. The van der Waals surface area contributed by atoms with Gasteiger partial charge in [0.25, 0.3) is 0 Å². The molecule has 4 aliphatic rings. The van der Waals surface area contributed by atoms with Crippen molar-refractivity contribution < 1.29 is 14.3 Å². The molecular weight excluding hydrogens is 372 g/mol. The topological polar surface area (TPSA) is 43.4 Å². The largest absolute Gasteiger partial charge is 0.497 e. The van der Waals surface area contributed by atoms with E-state index in [0.717, 1.165) is 55.4 Å². The Morgan fingerprint density at radius 2 is 1.73 bits per heavy atom. The van der Waals surface area contributed by atoms with Crippen LogP contribution in [0.3, 0.4) is 0 Å². The number of ether oxygens (including phenoxy) is 1. The summed E-state index contributed by atoms with van der Waals surface area (Å²) < 4.78 is 5.26. The van der Waals surface area contributed by atoms with Crippen LogP contribution in [0.1, 0.15) is 64.4 Å². The number of rotatable bonds is 2. The molecule has 5 rings (SSSR count). The number of benzene rings is 1. The van der Waals surface area contributed by atoms with Crippen LogP contribution in [0, 0.1) is 28.6 Å². The van der Waals surface area contributed by atoms with Crippen LogP contribution in [0.4, 0.5) is 0 Å². The lowest BCUT2D eigenvalue weighted by Crippen LogP contribution is -2.50. The minimum absolute atomic E-state index is 0.156. The zero-order valence-electron chi connectivity index (χ0n) is 18.4. The van der Waals surface area contributed by atoms with Gasteiger partial charge in [-0.05, 0) is 97.1 Å². The number of Topliss-reactive ketones (excluding diaryl/α,β-unsaturated/α-hetero) is 1. The normalized spacial score (nSPS) is 39.2. The Morgan fingerprint density at radius 3 is 2.47 bits per heavy atom. The average molecular weight is 405 g/mol. The van der Waals surface area contributed by atoms with E-state index in [1.165, 1.54) is 5.57 Å². The number of carbonyl (C=O) groups is 2. The summed E-state index contributed by atoms with van der Waals surface area (Å²) in [6, 6.07) is 7.97. The predicted octanol–water partition coefficient (Wildman–Crippen LogP) is 5.79. The Labute approximate surface area is 179 Å². The first kappa shape index (κ1) is 19.8. The third-order valence-electron chi connectivity index (χ3n) is 9.06. The molecule has 0 amide bonds. The number of hydrogen-bond donors (Lipinski definition) is 0. The van der Waals surface area contributed by atoms with Crippen LogP contribution in [-0.2, 0) is 9.59 Å². The van der Waals surface area contributed by atoms with E-state index in [4.69, 9.17) is 4.74 Å². The van der Waals surface area contributed by atoms with Crippen LogP contribution in [0.25, 0.3) is 6.08 Å². The summed E-state index contributed by atoms with van der Waals surface area (Å²) >= 11 is 0. The summed E-state index contributed by atoms with van der Waals surface area (Å²) in [6.45, 7) is 4.62. The minimum Gasteiger partial charge on any atom is -0.497 e. The molecule has 5 unspecified atom stereocenters. The Morgan fingerprint density at radius 1 is 0.967 bits per heavy atom. The van der Waals surface area contributed by atoms with Crippen molar-refractivity contribution in [2.75, 3.05) is 7.11 Å². The molecule has 158 valence electrons. The summed E-state index contributed by atoms with van der Waals surface area (Å²) in [5.41, 5.74) is 3.40. The molecule has 3 saturated carbocycles. The Balaban J connectivity index is 1.45. The standard InChI is InChI=1S/C27H32O3/c1-26-12-10-20(28)16-19(26)6-9-22-23(26)11-13-27(2)24(22)15-18(25(27)29)14-17-4-7-21(30-3)8-5-17/h4-5,7-8,14,16,22-24H,6,9-13,15H2,1-3H3. The lowest BCUT2D eigenvalue weighted by molar-refractivity contribution is -0.130. The number of methoxy groups -OCH3 is 1. The molecule has 0 N–H and O–H groups in total. The molecule has 0 bridgehead atoms. The van der Waals surface area contributed by atoms with Crippen LogP contribution in [0.15, 0.2) is 41.5 Å². The summed E-state index contributed by atoms with van der Waals surface area (Å²) in [5.74, 6) is 3.14. The summed E-state index contributed by atoms with van der Waals surface area (Å²) in [6.07, 6.45) is 10.9. The van der Waals surface area contributed by atoms with Gasteiger partial charge in [0, 0.05) is 11.8 Å². The molecule has 30 heavy (non-hydrogen) atoms. The van der Waals surface area contributed by atoms with Gasteiger partial charge in [-0.3, -0.25) is 9.59 Å². The SMILES string of the molecule is COc1ccc(C=C2CC3C4CCC5=CC(=O)CCC5(C)C4CCC3(C)C2=O)cc1. The maximum atomic E-state index is 13.5. The second kappa shape index (κ2) is 6.93. The number of hydrogen-bond acceptors (Lipinski definition) is 3. The minimum atomic E-state index is -0.221. The highest BCUT2D eigenvalue weighted by Gasteiger charge is 2.60. The predicted molar refractivity (Wildman–Crippen MR) is 118 cm³/mol. The summed E-state index contributed by atoms with van der Waals surface area (Å²) in [4.78, 5) is 25.5. The lowest BCUT2D eigenvalue weighted by atomic mass is 9.47. The van der Waals surface area contributed by atoms with Gasteiger partial charge < -0.3 is 4.74 Å². The molecular formula is C27H32O3. The zero-order chi connectivity index (χ0) is 21.1. The maximum absolute atomic E-state index is 13.5. The van der Waals surface area contributed by atoms with Crippen molar-refractivity contribution in [3.05, 3.63) is 47.1 Å². The fraction of sp³-hybridized carbons (Fsp3) is 0.556. The van der Waals surface area contributed by atoms with Gasteiger partial charge in [0.15, 0.2) is 11.6 Å². The van der Waals surface area contributed by atoms with Crippen molar-refractivity contribution >= 4 is 17.6 Å². The monoisotopic (exact) mass is 404 g/mol. The molecule has 0 aliphatic heterocycles. The van der Waals surface area contributed by atoms with E-state index in [-0.39, 0.29) is 10.8 Å². The van der Waals surface area contributed by atoms with Crippen molar-refractivity contribution in [3.63, 3.8) is 0 Å². The number of fused-ring (bicyclic) bond motifs is 5. The van der Waals surface area contributed by atoms with E-state index in [1.807, 2.05) is 30.3 Å². The van der Waals surface area contributed by atoms with Crippen LogP contribution in [0.2, 0.25) is 0 Å². The van der Waals surface area contributed by atoms with E-state index < -0.39 is 0 Å². The van der Waals surface area contributed by atoms with E-state index in [2.05, 4.69) is 19.9 Å². The molecule has 0 radical (unpaired) electrons. The highest BCUT2D eigenvalue weighted by Crippen LogP contribution is 2.65. The summed E-state index contributed by atoms with van der Waals surface area (Å²) in [5, 5.41) is 0. The van der Waals surface area contributed by atoms with Gasteiger partial charge in [0.1, 0.15) is 5.75 Å². The molecule has 3 fully saturated rings. The van der Waals surface area contributed by atoms with Gasteiger partial charge in [-0.15, -0.1) is 0 Å². The molecule has 0 heterocycles. The Bertz CT molecular complexity index is 953. The molecule has 1 aromatic carbocycles. The number of ketones is 2. The Hall–Kier alpha value is -2.16. The first-order chi connectivity index (χ1) is 14.3. The van der Waals surface area contributed by atoms with Crippen molar-refractivity contribution in [2.45, 2.75) is 58.8 Å². The molecule has 0 aromatic heterocycles. The zero-order valence-corrected chi connectivity index (χ0v) is 18.4. The summed E-state index contributed by atoms with van der Waals surface area (Å²) in [7, 11) is 1.67. The van der Waals surface area contributed by atoms with Crippen LogP contribution in [0.5, 0.6) is 5.75 Å². The average Bonchev–Trinajstić information content (AvgIpc) is 3.00. The third-order valence-corrected chi connectivity index (χ3v) is 9.06. The molecule has 0 spiro atoms. The quantitative estimate of drug-likeness (QED) is 0.586. The molecule has 1 aromatic rings. The molecule has 0 saturated heterocycles. The fourth-order valence-corrected chi connectivity index (χ4v) is 7.26. The fourth-order valence-electron chi connectivity index (χ4n) is 7.26. The molecule has 4 aliphatic carbocycles. The van der Waals surface area contributed by atoms with Crippen molar-refractivity contribution in [3.8, 4) is 5.75 Å². The van der Waals surface area contributed by atoms with Gasteiger partial charge in [-0.1, -0.05) is 31.6 Å². The van der Waals surface area contributed by atoms with Gasteiger partial charge in [-0.2, -0.15) is 0 Å². The third kappa shape index (κ3) is 2.85. The van der Waals surface area contributed by atoms with Crippen molar-refractivity contribution in [1.82, 2.24) is 0 Å². The molecule has 3 heteroatoms. The first-order valence-corrected chi connectivity index (χ1v) is 11.5. The van der Waals surface area contributed by atoms with Crippen LogP contribution < -0.4 is 4.74 Å². The van der Waals surface area contributed by atoms with Crippen molar-refractivity contribution in [1.29, 1.82) is 0 Å². The van der Waals surface area contributed by atoms with Crippen LogP contribution in [-0.4, -0.2) is 18.7 Å². The number of allylic oxidation sites excluding steroid dienone is 2. The van der Waals surface area contributed by atoms with Gasteiger partial charge in [0.05, 0.1) is 7.11 Å². The lowest BCUT2D eigenvalue weighted by Gasteiger charge is -2.56. The second-order valence-corrected chi connectivity index (χ2v) is 10.4. The number of carbonyl (C=O) groups excluding carboxylic acids is 2. The smallest absolute Gasteiger partial charge is 0.165 e. The van der Waals surface area contributed by atoms with Crippen molar-refractivity contribution in [2.24, 2.45) is 28.6 Å². The maximum Gasteiger partial charge on any atom is 0.165 e. The van der Waals surface area contributed by atoms with E-state index >= 15 is 0 Å². The van der Waals surface area contributed by atoms with Gasteiger partial charge in [-0.25, -0.2) is 0 Å². The van der Waals surface area contributed by atoms with Gasteiger partial charge >= 0.3 is 0 Å². The Kier molecular flexibility index (Phi) is 4.57. The first-order valence-electron chi connectivity index (χ1n) is 11.5. The highest BCUT2D eigenvalue weighted by atomic mass is 16.5. The second-order valence-electron chi connectivity index (χ2n) is 10.4. The molecule has 5 atom stereocenters. The van der Waals surface area contributed by atoms with E-state index in [0.29, 0.717) is 35.7 Å².